The molecule has 0 spiro atoms. The number of rotatable bonds is 7. The topological polar surface area (TPSA) is 59.0 Å². The highest BCUT2D eigenvalue weighted by atomic mass is 16.5. The van der Waals surface area contributed by atoms with Crippen molar-refractivity contribution >= 4 is 5.91 Å². The summed E-state index contributed by atoms with van der Waals surface area (Å²) in [5.41, 5.74) is 1.96. The monoisotopic (exact) mass is 353 g/mol. The Morgan fingerprint density at radius 2 is 1.73 bits per heavy atom. The number of carbonyl (C=O) groups is 1. The van der Waals surface area contributed by atoms with Crippen LogP contribution in [0.2, 0.25) is 0 Å². The van der Waals surface area contributed by atoms with Gasteiger partial charge in [-0.15, -0.1) is 0 Å². The first-order valence-corrected chi connectivity index (χ1v) is 8.54. The minimum absolute atomic E-state index is 0.155. The minimum Gasteiger partial charge on any atom is -0.499 e. The summed E-state index contributed by atoms with van der Waals surface area (Å²) in [5.74, 6) is 1.19. The van der Waals surface area contributed by atoms with E-state index in [1.807, 2.05) is 54.6 Å². The lowest BCUT2D eigenvalue weighted by atomic mass is 10.0. The van der Waals surface area contributed by atoms with Gasteiger partial charge in [-0.1, -0.05) is 42.5 Å². The van der Waals surface area contributed by atoms with Crippen molar-refractivity contribution in [3.63, 3.8) is 0 Å². The highest BCUT2D eigenvalue weighted by molar-refractivity contribution is 5.92. The van der Waals surface area contributed by atoms with E-state index in [0.717, 1.165) is 16.9 Å². The number of amides is 1. The number of benzene rings is 2. The second kappa shape index (κ2) is 8.06. The molecule has 0 aromatic heterocycles. The largest absolute Gasteiger partial charge is 0.499 e. The molecule has 3 rings (SSSR count). The third kappa shape index (κ3) is 3.58. The summed E-state index contributed by atoms with van der Waals surface area (Å²) in [5, 5.41) is 10.0. The van der Waals surface area contributed by atoms with Crippen molar-refractivity contribution in [3.05, 3.63) is 77.6 Å². The van der Waals surface area contributed by atoms with Crippen molar-refractivity contribution in [1.82, 2.24) is 4.90 Å². The van der Waals surface area contributed by atoms with Crippen LogP contribution >= 0.6 is 0 Å². The van der Waals surface area contributed by atoms with E-state index in [1.54, 1.807) is 19.1 Å². The zero-order chi connectivity index (χ0) is 18.5. The number of aliphatic hydroxyl groups excluding tert-OH is 1. The molecule has 2 atom stereocenters. The number of methoxy groups -OCH3 is 2. The van der Waals surface area contributed by atoms with Crippen molar-refractivity contribution in [2.75, 3.05) is 20.8 Å². The number of hydrogen-bond donors (Lipinski definition) is 1. The third-order valence-corrected chi connectivity index (χ3v) is 4.70. The van der Waals surface area contributed by atoms with Crippen LogP contribution < -0.4 is 4.74 Å². The molecule has 1 aliphatic rings. The van der Waals surface area contributed by atoms with Crippen molar-refractivity contribution in [2.24, 2.45) is 0 Å². The SMILES string of the molecule is COC1=CC(=O)N([C@@H](CO)c2ccc(OC)cc2)[C@@H]1Cc1ccccc1. The summed E-state index contributed by atoms with van der Waals surface area (Å²) in [6.07, 6.45) is 2.14. The van der Waals surface area contributed by atoms with E-state index >= 15 is 0 Å². The minimum atomic E-state index is -0.453. The van der Waals surface area contributed by atoms with E-state index in [2.05, 4.69) is 0 Å². The standard InChI is InChI=1S/C21H23NO4/c1-25-17-10-8-16(9-11-17)19(14-23)22-18(20(26-2)13-21(22)24)12-15-6-4-3-5-7-15/h3-11,13,18-19,23H,12,14H2,1-2H3/t18-,19+/m1/s1. The first kappa shape index (κ1) is 18.0. The van der Waals surface area contributed by atoms with E-state index in [-0.39, 0.29) is 18.6 Å². The summed E-state index contributed by atoms with van der Waals surface area (Å²) < 4.78 is 10.7. The van der Waals surface area contributed by atoms with Crippen LogP contribution in [0, 0.1) is 0 Å². The predicted octanol–water partition coefficient (Wildman–Crippen LogP) is 2.71. The first-order valence-electron chi connectivity index (χ1n) is 8.54. The zero-order valence-electron chi connectivity index (χ0n) is 15.0. The maximum atomic E-state index is 12.7. The summed E-state index contributed by atoms with van der Waals surface area (Å²) in [7, 11) is 3.18. The Morgan fingerprint density at radius 3 is 2.31 bits per heavy atom. The van der Waals surface area contributed by atoms with Crippen LogP contribution in [0.3, 0.4) is 0 Å². The van der Waals surface area contributed by atoms with Gasteiger partial charge in [-0.2, -0.15) is 0 Å². The summed E-state index contributed by atoms with van der Waals surface area (Å²) in [6.45, 7) is -0.172. The van der Waals surface area contributed by atoms with Crippen molar-refractivity contribution < 1.29 is 19.4 Å². The van der Waals surface area contributed by atoms with Gasteiger partial charge in [0.15, 0.2) is 0 Å². The van der Waals surface area contributed by atoms with Crippen LogP contribution in [-0.4, -0.2) is 42.8 Å². The average molecular weight is 353 g/mol. The maximum absolute atomic E-state index is 12.7. The van der Waals surface area contributed by atoms with E-state index in [1.165, 1.54) is 6.08 Å². The van der Waals surface area contributed by atoms with Crippen LogP contribution in [-0.2, 0) is 16.0 Å². The number of aliphatic hydroxyl groups is 1. The van der Waals surface area contributed by atoms with E-state index < -0.39 is 6.04 Å². The lowest BCUT2D eigenvalue weighted by molar-refractivity contribution is -0.129. The zero-order valence-corrected chi connectivity index (χ0v) is 15.0. The molecule has 1 heterocycles. The Bertz CT molecular complexity index is 770. The van der Waals surface area contributed by atoms with Gasteiger partial charge >= 0.3 is 0 Å². The van der Waals surface area contributed by atoms with Crippen molar-refractivity contribution in [3.8, 4) is 5.75 Å². The van der Waals surface area contributed by atoms with Crippen LogP contribution in [0.15, 0.2) is 66.4 Å². The Kier molecular flexibility index (Phi) is 5.58. The van der Waals surface area contributed by atoms with Crippen LogP contribution in [0.25, 0.3) is 0 Å². The Hall–Kier alpha value is -2.79. The normalized spacial score (nSPS) is 17.8. The molecule has 1 aliphatic heterocycles. The van der Waals surface area contributed by atoms with Gasteiger partial charge in [0.05, 0.1) is 32.9 Å². The van der Waals surface area contributed by atoms with E-state index in [9.17, 15) is 9.90 Å². The third-order valence-electron chi connectivity index (χ3n) is 4.70. The maximum Gasteiger partial charge on any atom is 0.251 e. The quantitative estimate of drug-likeness (QED) is 0.831. The van der Waals surface area contributed by atoms with Gasteiger partial charge in [0.1, 0.15) is 11.5 Å². The molecule has 136 valence electrons. The number of hydrogen-bond acceptors (Lipinski definition) is 4. The van der Waals surface area contributed by atoms with Crippen molar-refractivity contribution in [2.45, 2.75) is 18.5 Å². The fourth-order valence-corrected chi connectivity index (χ4v) is 3.37. The number of nitrogens with zero attached hydrogens (tertiary/aromatic N) is 1. The van der Waals surface area contributed by atoms with Gasteiger partial charge in [0.25, 0.3) is 5.91 Å². The lowest BCUT2D eigenvalue weighted by Gasteiger charge is -2.33. The number of carbonyl (C=O) groups excluding carboxylic acids is 1. The molecule has 1 amide bonds. The van der Waals surface area contributed by atoms with Gasteiger partial charge in [-0.25, -0.2) is 0 Å². The van der Waals surface area contributed by atoms with Gasteiger partial charge in [-0.3, -0.25) is 4.79 Å². The second-order valence-electron chi connectivity index (χ2n) is 6.17. The smallest absolute Gasteiger partial charge is 0.251 e. The fourth-order valence-electron chi connectivity index (χ4n) is 3.37. The molecule has 0 aliphatic carbocycles. The predicted molar refractivity (Wildman–Crippen MR) is 98.7 cm³/mol. The molecular formula is C21H23NO4. The molecule has 5 nitrogen and oxygen atoms in total. The molecule has 26 heavy (non-hydrogen) atoms. The highest BCUT2D eigenvalue weighted by Crippen LogP contribution is 2.33. The molecule has 2 aromatic carbocycles. The van der Waals surface area contributed by atoms with Crippen molar-refractivity contribution in [1.29, 1.82) is 0 Å². The molecule has 0 saturated carbocycles. The fraction of sp³-hybridized carbons (Fsp3) is 0.286. The lowest BCUT2D eigenvalue weighted by Crippen LogP contribution is -2.41. The Labute approximate surface area is 153 Å². The summed E-state index contributed by atoms with van der Waals surface area (Å²) in [4.78, 5) is 14.4. The highest BCUT2D eigenvalue weighted by Gasteiger charge is 2.38. The number of ether oxygens (including phenoxy) is 2. The molecule has 2 aromatic rings. The molecule has 5 heteroatoms. The first-order chi connectivity index (χ1) is 12.7. The molecular weight excluding hydrogens is 330 g/mol. The van der Waals surface area contributed by atoms with Gasteiger partial charge in [0, 0.05) is 12.5 Å². The van der Waals surface area contributed by atoms with E-state index in [0.29, 0.717) is 12.2 Å². The molecule has 0 unspecified atom stereocenters. The van der Waals surface area contributed by atoms with Crippen LogP contribution in [0.1, 0.15) is 17.2 Å². The molecule has 1 N–H and O–H groups in total. The van der Waals surface area contributed by atoms with Gasteiger partial charge in [-0.05, 0) is 23.3 Å². The Morgan fingerprint density at radius 1 is 1.04 bits per heavy atom. The average Bonchev–Trinajstić information content (AvgIpc) is 2.99. The Balaban J connectivity index is 1.91. The van der Waals surface area contributed by atoms with E-state index in [4.69, 9.17) is 9.47 Å². The summed E-state index contributed by atoms with van der Waals surface area (Å²) in [6, 6.07) is 16.6. The van der Waals surface area contributed by atoms with Crippen LogP contribution in [0.5, 0.6) is 5.75 Å². The molecule has 0 radical (unpaired) electrons. The van der Waals surface area contributed by atoms with Gasteiger partial charge < -0.3 is 19.5 Å². The van der Waals surface area contributed by atoms with Crippen LogP contribution in [0.4, 0.5) is 0 Å². The van der Waals surface area contributed by atoms with Gasteiger partial charge in [0.2, 0.25) is 0 Å². The second-order valence-corrected chi connectivity index (χ2v) is 6.17. The summed E-state index contributed by atoms with van der Waals surface area (Å²) >= 11 is 0. The molecule has 0 fully saturated rings. The molecule has 0 bridgehead atoms. The molecule has 0 saturated heterocycles.